The minimum absolute atomic E-state index is 0.430. The van der Waals surface area contributed by atoms with Gasteiger partial charge in [0.1, 0.15) is 12.4 Å². The average molecular weight is 351 g/mol. The van der Waals surface area contributed by atoms with Gasteiger partial charge in [-0.15, -0.1) is 10.2 Å². The summed E-state index contributed by atoms with van der Waals surface area (Å²) < 4.78 is 7.11. The molecule has 0 radical (unpaired) electrons. The number of aromatic nitrogens is 3. The van der Waals surface area contributed by atoms with E-state index in [2.05, 4.69) is 34.7 Å². The lowest BCUT2D eigenvalue weighted by molar-refractivity contribution is 0.104. The number of methoxy groups -OCH3 is 1. The SMILES string of the molecule is COCCNC(=NCc1nnc(C)n1C)NCC1(CC(C)C)CCC1. The zero-order valence-electron chi connectivity index (χ0n) is 16.4. The van der Waals surface area contributed by atoms with E-state index < -0.39 is 0 Å². The Kier molecular flexibility index (Phi) is 7.23. The molecular weight excluding hydrogens is 316 g/mol. The number of hydrogen-bond acceptors (Lipinski definition) is 4. The number of aryl methyl sites for hydroxylation is 1. The summed E-state index contributed by atoms with van der Waals surface area (Å²) in [5.41, 5.74) is 0.430. The Balaban J connectivity index is 1.97. The van der Waals surface area contributed by atoms with E-state index in [9.17, 15) is 0 Å². The Morgan fingerprint density at radius 1 is 1.32 bits per heavy atom. The highest BCUT2D eigenvalue weighted by molar-refractivity contribution is 5.79. The second kappa shape index (κ2) is 9.17. The molecule has 0 atom stereocenters. The van der Waals surface area contributed by atoms with E-state index in [0.717, 1.165) is 36.6 Å². The van der Waals surface area contributed by atoms with Crippen LogP contribution in [0.3, 0.4) is 0 Å². The molecule has 7 nitrogen and oxygen atoms in total. The molecule has 7 heteroatoms. The standard InChI is InChI=1S/C18H34N6O/c1-14(2)11-18(7-6-8-18)13-21-17(19-9-10-25-5)20-12-16-23-22-15(3)24(16)4/h14H,6-13H2,1-5H3,(H2,19,20,21). The van der Waals surface area contributed by atoms with Gasteiger partial charge < -0.3 is 19.9 Å². The fourth-order valence-electron chi connectivity index (χ4n) is 3.45. The molecule has 0 aliphatic heterocycles. The third-order valence-corrected chi connectivity index (χ3v) is 5.05. The Morgan fingerprint density at radius 2 is 2.08 bits per heavy atom. The van der Waals surface area contributed by atoms with Crippen LogP contribution in [-0.4, -0.2) is 47.5 Å². The minimum Gasteiger partial charge on any atom is -0.383 e. The number of hydrogen-bond donors (Lipinski definition) is 2. The maximum absolute atomic E-state index is 5.14. The molecule has 25 heavy (non-hydrogen) atoms. The molecule has 0 spiro atoms. The van der Waals surface area contributed by atoms with Crippen molar-refractivity contribution in [1.29, 1.82) is 0 Å². The number of aliphatic imine (C=N–C) groups is 1. The third-order valence-electron chi connectivity index (χ3n) is 5.05. The Morgan fingerprint density at radius 3 is 2.60 bits per heavy atom. The van der Waals surface area contributed by atoms with Gasteiger partial charge in [-0.05, 0) is 37.5 Å². The molecule has 1 aliphatic rings. The van der Waals surface area contributed by atoms with Crippen molar-refractivity contribution in [2.24, 2.45) is 23.4 Å². The summed E-state index contributed by atoms with van der Waals surface area (Å²) in [6.07, 6.45) is 5.24. The van der Waals surface area contributed by atoms with Crippen LogP contribution in [0.2, 0.25) is 0 Å². The monoisotopic (exact) mass is 350 g/mol. The molecule has 2 rings (SSSR count). The molecule has 0 amide bonds. The first-order valence-corrected chi connectivity index (χ1v) is 9.32. The Bertz CT molecular complexity index is 562. The van der Waals surface area contributed by atoms with Crippen LogP contribution in [0, 0.1) is 18.3 Å². The van der Waals surface area contributed by atoms with Crippen molar-refractivity contribution in [3.8, 4) is 0 Å². The van der Waals surface area contributed by atoms with Crippen LogP contribution >= 0.6 is 0 Å². The minimum atomic E-state index is 0.430. The number of ether oxygens (including phenoxy) is 1. The molecule has 0 bridgehead atoms. The van der Waals surface area contributed by atoms with Crippen LogP contribution < -0.4 is 10.6 Å². The summed E-state index contributed by atoms with van der Waals surface area (Å²) in [6.45, 7) is 9.43. The first-order valence-electron chi connectivity index (χ1n) is 9.32. The van der Waals surface area contributed by atoms with Crippen molar-refractivity contribution in [1.82, 2.24) is 25.4 Å². The molecule has 1 fully saturated rings. The number of nitrogens with one attached hydrogen (secondary N) is 2. The van der Waals surface area contributed by atoms with Gasteiger partial charge in [0.2, 0.25) is 0 Å². The van der Waals surface area contributed by atoms with Crippen LogP contribution in [0.15, 0.2) is 4.99 Å². The molecule has 142 valence electrons. The van der Waals surface area contributed by atoms with Gasteiger partial charge in [0, 0.05) is 27.2 Å². The molecular formula is C18H34N6O. The van der Waals surface area contributed by atoms with Crippen molar-refractivity contribution in [2.45, 2.75) is 53.0 Å². The van der Waals surface area contributed by atoms with Crippen LogP contribution in [-0.2, 0) is 18.3 Å². The van der Waals surface area contributed by atoms with E-state index in [4.69, 9.17) is 9.73 Å². The number of rotatable bonds is 9. The van der Waals surface area contributed by atoms with Crippen LogP contribution in [0.4, 0.5) is 0 Å². The largest absolute Gasteiger partial charge is 0.383 e. The van der Waals surface area contributed by atoms with E-state index in [0.29, 0.717) is 18.6 Å². The average Bonchev–Trinajstić information content (AvgIpc) is 2.85. The lowest BCUT2D eigenvalue weighted by atomic mass is 9.64. The maximum atomic E-state index is 5.14. The lowest BCUT2D eigenvalue weighted by Crippen LogP contribution is -2.47. The smallest absolute Gasteiger partial charge is 0.191 e. The predicted octanol–water partition coefficient (Wildman–Crippen LogP) is 2.02. The van der Waals surface area contributed by atoms with Gasteiger partial charge in [-0.25, -0.2) is 4.99 Å². The van der Waals surface area contributed by atoms with E-state index >= 15 is 0 Å². The van der Waals surface area contributed by atoms with E-state index in [-0.39, 0.29) is 0 Å². The highest BCUT2D eigenvalue weighted by Crippen LogP contribution is 2.45. The number of guanidine groups is 1. The summed E-state index contributed by atoms with van der Waals surface area (Å²) in [4.78, 5) is 4.70. The van der Waals surface area contributed by atoms with Crippen molar-refractivity contribution < 1.29 is 4.74 Å². The summed E-state index contributed by atoms with van der Waals surface area (Å²) in [7, 11) is 3.68. The van der Waals surface area contributed by atoms with Crippen LogP contribution in [0.1, 0.15) is 51.2 Å². The van der Waals surface area contributed by atoms with Gasteiger partial charge in [0.15, 0.2) is 11.8 Å². The van der Waals surface area contributed by atoms with Crippen molar-refractivity contribution >= 4 is 5.96 Å². The highest BCUT2D eigenvalue weighted by Gasteiger charge is 2.37. The predicted molar refractivity (Wildman–Crippen MR) is 100 cm³/mol. The quantitative estimate of drug-likeness (QED) is 0.405. The Hall–Kier alpha value is -1.63. The first-order chi connectivity index (χ1) is 12.0. The van der Waals surface area contributed by atoms with Gasteiger partial charge in [0.05, 0.1) is 6.61 Å². The summed E-state index contributed by atoms with van der Waals surface area (Å²) in [5.74, 6) is 3.32. The topological polar surface area (TPSA) is 76.4 Å². The van der Waals surface area contributed by atoms with Crippen molar-refractivity contribution in [3.63, 3.8) is 0 Å². The second-order valence-electron chi connectivity index (χ2n) is 7.61. The molecule has 1 aromatic rings. The second-order valence-corrected chi connectivity index (χ2v) is 7.61. The fourth-order valence-corrected chi connectivity index (χ4v) is 3.45. The molecule has 0 saturated heterocycles. The summed E-state index contributed by atoms with van der Waals surface area (Å²) in [6, 6.07) is 0. The normalized spacial score (nSPS) is 16.8. The highest BCUT2D eigenvalue weighted by atomic mass is 16.5. The fraction of sp³-hybridized carbons (Fsp3) is 0.833. The maximum Gasteiger partial charge on any atom is 0.191 e. The van der Waals surface area contributed by atoms with Crippen molar-refractivity contribution in [2.75, 3.05) is 26.8 Å². The molecule has 1 aromatic heterocycles. The molecule has 2 N–H and O–H groups in total. The number of nitrogens with zero attached hydrogens (tertiary/aromatic N) is 4. The first kappa shape index (κ1) is 19.7. The van der Waals surface area contributed by atoms with E-state index in [1.54, 1.807) is 7.11 Å². The van der Waals surface area contributed by atoms with E-state index in [1.165, 1.54) is 25.7 Å². The van der Waals surface area contributed by atoms with Gasteiger partial charge in [-0.1, -0.05) is 20.3 Å². The third kappa shape index (κ3) is 5.70. The van der Waals surface area contributed by atoms with Gasteiger partial charge in [0.25, 0.3) is 0 Å². The van der Waals surface area contributed by atoms with E-state index in [1.807, 2.05) is 18.5 Å². The Labute approximate surface area is 151 Å². The van der Waals surface area contributed by atoms with Crippen LogP contribution in [0.5, 0.6) is 0 Å². The zero-order valence-corrected chi connectivity index (χ0v) is 16.4. The summed E-state index contributed by atoms with van der Waals surface area (Å²) >= 11 is 0. The molecule has 1 heterocycles. The van der Waals surface area contributed by atoms with Gasteiger partial charge in [-0.3, -0.25) is 0 Å². The molecule has 1 aliphatic carbocycles. The molecule has 0 unspecified atom stereocenters. The lowest BCUT2D eigenvalue weighted by Gasteiger charge is -2.43. The van der Waals surface area contributed by atoms with Gasteiger partial charge in [-0.2, -0.15) is 0 Å². The van der Waals surface area contributed by atoms with Crippen molar-refractivity contribution in [3.05, 3.63) is 11.6 Å². The van der Waals surface area contributed by atoms with Gasteiger partial charge >= 0.3 is 0 Å². The van der Waals surface area contributed by atoms with Crippen LogP contribution in [0.25, 0.3) is 0 Å². The molecule has 0 aromatic carbocycles. The zero-order chi connectivity index (χ0) is 18.3. The molecule has 1 saturated carbocycles. The summed E-state index contributed by atoms with van der Waals surface area (Å²) in [5, 5.41) is 15.2.